The molecule has 2 N–H and O–H groups in total. The fourth-order valence-corrected chi connectivity index (χ4v) is 2.81. The van der Waals surface area contributed by atoms with E-state index in [1.165, 1.54) is 18.4 Å². The standard InChI is InChI=1S/C17H18N2OS/c1-11-5-4-7-13(9-11)20-17-14(16(18)21)10-12-6-2-3-8-15(12)19-17/h4-5,7,9-10H,2-3,6,8H2,1H3,(H2,18,21). The van der Waals surface area contributed by atoms with Crippen molar-refractivity contribution in [1.29, 1.82) is 0 Å². The van der Waals surface area contributed by atoms with Crippen LogP contribution in [0.15, 0.2) is 30.3 Å². The Hall–Kier alpha value is -1.94. The number of nitrogens with two attached hydrogens (primary N) is 1. The predicted molar refractivity (Wildman–Crippen MR) is 88.0 cm³/mol. The van der Waals surface area contributed by atoms with Crippen LogP contribution in [0.1, 0.15) is 35.2 Å². The fraction of sp³-hybridized carbons (Fsp3) is 0.294. The molecular weight excluding hydrogens is 280 g/mol. The Morgan fingerprint density at radius 3 is 2.81 bits per heavy atom. The van der Waals surface area contributed by atoms with E-state index < -0.39 is 0 Å². The molecule has 0 aliphatic heterocycles. The van der Waals surface area contributed by atoms with Crippen LogP contribution in [-0.2, 0) is 12.8 Å². The molecular formula is C17H18N2OS. The van der Waals surface area contributed by atoms with Crippen molar-refractivity contribution >= 4 is 17.2 Å². The molecule has 108 valence electrons. The van der Waals surface area contributed by atoms with Gasteiger partial charge in [-0.2, -0.15) is 0 Å². The topological polar surface area (TPSA) is 48.1 Å². The smallest absolute Gasteiger partial charge is 0.229 e. The van der Waals surface area contributed by atoms with Gasteiger partial charge >= 0.3 is 0 Å². The minimum absolute atomic E-state index is 0.332. The highest BCUT2D eigenvalue weighted by molar-refractivity contribution is 7.80. The quantitative estimate of drug-likeness (QED) is 0.878. The molecule has 0 fully saturated rings. The SMILES string of the molecule is Cc1cccc(Oc2nc3c(cc2C(N)=S)CCCC3)c1. The summed E-state index contributed by atoms with van der Waals surface area (Å²) in [6.07, 6.45) is 4.42. The third-order valence-corrected chi connectivity index (χ3v) is 3.96. The summed E-state index contributed by atoms with van der Waals surface area (Å²) in [7, 11) is 0. The summed E-state index contributed by atoms with van der Waals surface area (Å²) < 4.78 is 5.94. The largest absolute Gasteiger partial charge is 0.438 e. The Morgan fingerprint density at radius 1 is 1.24 bits per heavy atom. The number of nitrogens with zero attached hydrogens (tertiary/aromatic N) is 1. The first-order valence-electron chi connectivity index (χ1n) is 7.20. The van der Waals surface area contributed by atoms with Gasteiger partial charge in [0.1, 0.15) is 10.7 Å². The number of hydrogen-bond acceptors (Lipinski definition) is 3. The minimum Gasteiger partial charge on any atom is -0.438 e. The summed E-state index contributed by atoms with van der Waals surface area (Å²) in [6, 6.07) is 9.93. The first kappa shape index (κ1) is 14.0. The summed E-state index contributed by atoms with van der Waals surface area (Å²) in [5.41, 5.74) is 10.1. The fourth-order valence-electron chi connectivity index (χ4n) is 2.66. The summed E-state index contributed by atoms with van der Waals surface area (Å²) in [6.45, 7) is 2.03. The summed E-state index contributed by atoms with van der Waals surface area (Å²) in [5.74, 6) is 1.28. The van der Waals surface area contributed by atoms with Gasteiger partial charge in [-0.05, 0) is 61.9 Å². The molecule has 1 heterocycles. The number of benzene rings is 1. The highest BCUT2D eigenvalue weighted by atomic mass is 32.1. The Kier molecular flexibility index (Phi) is 3.88. The Bertz CT molecular complexity index is 697. The molecule has 0 amide bonds. The van der Waals surface area contributed by atoms with Gasteiger partial charge in [0.2, 0.25) is 5.88 Å². The molecule has 21 heavy (non-hydrogen) atoms. The lowest BCUT2D eigenvalue weighted by Crippen LogP contribution is -2.15. The third-order valence-electron chi connectivity index (χ3n) is 3.74. The second-order valence-electron chi connectivity index (χ2n) is 5.44. The molecule has 2 aromatic rings. The maximum atomic E-state index is 5.94. The molecule has 1 aliphatic rings. The van der Waals surface area contributed by atoms with Gasteiger partial charge in [0.25, 0.3) is 0 Å². The summed E-state index contributed by atoms with van der Waals surface area (Å²) >= 11 is 5.15. The van der Waals surface area contributed by atoms with Crippen LogP contribution in [0, 0.1) is 6.92 Å². The Labute approximate surface area is 130 Å². The molecule has 0 atom stereocenters. The van der Waals surface area contributed by atoms with Crippen LogP contribution in [0.25, 0.3) is 0 Å². The number of ether oxygens (including phenoxy) is 1. The molecule has 0 saturated heterocycles. The van der Waals surface area contributed by atoms with Crippen LogP contribution < -0.4 is 10.5 Å². The third kappa shape index (κ3) is 3.05. The van der Waals surface area contributed by atoms with Gasteiger partial charge in [0, 0.05) is 5.69 Å². The number of rotatable bonds is 3. The lowest BCUT2D eigenvalue weighted by atomic mass is 9.95. The van der Waals surface area contributed by atoms with Crippen LogP contribution in [0.2, 0.25) is 0 Å². The van der Waals surface area contributed by atoms with Crippen molar-refractivity contribution in [1.82, 2.24) is 4.98 Å². The first-order valence-corrected chi connectivity index (χ1v) is 7.61. The summed E-state index contributed by atoms with van der Waals surface area (Å²) in [5, 5.41) is 0. The zero-order valence-corrected chi connectivity index (χ0v) is 12.9. The normalized spacial score (nSPS) is 13.6. The van der Waals surface area contributed by atoms with Crippen molar-refractivity contribution in [2.75, 3.05) is 0 Å². The highest BCUT2D eigenvalue weighted by Gasteiger charge is 2.17. The first-order chi connectivity index (χ1) is 10.1. The number of fused-ring (bicyclic) bond motifs is 1. The maximum Gasteiger partial charge on any atom is 0.229 e. The lowest BCUT2D eigenvalue weighted by Gasteiger charge is -2.18. The Morgan fingerprint density at radius 2 is 2.05 bits per heavy atom. The number of thiocarbonyl (C=S) groups is 1. The van der Waals surface area contributed by atoms with Crippen LogP contribution in [0.3, 0.4) is 0 Å². The molecule has 1 aromatic carbocycles. The number of hydrogen-bond donors (Lipinski definition) is 1. The highest BCUT2D eigenvalue weighted by Crippen LogP contribution is 2.29. The van der Waals surface area contributed by atoms with Crippen molar-refractivity contribution in [3.8, 4) is 11.6 Å². The van der Waals surface area contributed by atoms with Gasteiger partial charge in [-0.1, -0.05) is 24.4 Å². The van der Waals surface area contributed by atoms with Gasteiger partial charge in [-0.25, -0.2) is 4.98 Å². The average molecular weight is 298 g/mol. The molecule has 0 bridgehead atoms. The molecule has 0 spiro atoms. The lowest BCUT2D eigenvalue weighted by molar-refractivity contribution is 0.456. The molecule has 4 heteroatoms. The molecule has 1 aliphatic carbocycles. The predicted octanol–water partition coefficient (Wildman–Crippen LogP) is 3.70. The molecule has 3 nitrogen and oxygen atoms in total. The average Bonchev–Trinajstić information content (AvgIpc) is 2.46. The van der Waals surface area contributed by atoms with E-state index in [4.69, 9.17) is 22.7 Å². The monoisotopic (exact) mass is 298 g/mol. The van der Waals surface area contributed by atoms with Crippen molar-refractivity contribution in [3.05, 3.63) is 52.7 Å². The van der Waals surface area contributed by atoms with Crippen molar-refractivity contribution in [2.24, 2.45) is 5.73 Å². The maximum absolute atomic E-state index is 5.94. The minimum atomic E-state index is 0.332. The van der Waals surface area contributed by atoms with E-state index in [1.54, 1.807) is 0 Å². The number of aromatic nitrogens is 1. The molecule has 0 unspecified atom stereocenters. The molecule has 0 radical (unpaired) electrons. The van der Waals surface area contributed by atoms with Crippen LogP contribution in [0.5, 0.6) is 11.6 Å². The second-order valence-corrected chi connectivity index (χ2v) is 5.88. The van der Waals surface area contributed by atoms with E-state index in [-0.39, 0.29) is 0 Å². The van der Waals surface area contributed by atoms with Crippen molar-refractivity contribution in [2.45, 2.75) is 32.6 Å². The molecule has 0 saturated carbocycles. The Balaban J connectivity index is 2.01. The van der Waals surface area contributed by atoms with Crippen molar-refractivity contribution in [3.63, 3.8) is 0 Å². The van der Waals surface area contributed by atoms with Crippen molar-refractivity contribution < 1.29 is 4.74 Å². The number of pyridine rings is 1. The van der Waals surface area contributed by atoms with E-state index in [0.29, 0.717) is 10.9 Å². The van der Waals surface area contributed by atoms with Crippen LogP contribution in [-0.4, -0.2) is 9.97 Å². The van der Waals surface area contributed by atoms with Gasteiger partial charge < -0.3 is 10.5 Å². The second kappa shape index (κ2) is 5.82. The van der Waals surface area contributed by atoms with Crippen LogP contribution >= 0.6 is 12.2 Å². The molecule has 1 aromatic heterocycles. The molecule has 3 rings (SSSR count). The zero-order chi connectivity index (χ0) is 14.8. The van der Waals surface area contributed by atoms with E-state index >= 15 is 0 Å². The van der Waals surface area contributed by atoms with Crippen LogP contribution in [0.4, 0.5) is 0 Å². The van der Waals surface area contributed by atoms with Gasteiger partial charge in [0.15, 0.2) is 0 Å². The van der Waals surface area contributed by atoms with Gasteiger partial charge in [-0.15, -0.1) is 0 Å². The zero-order valence-electron chi connectivity index (χ0n) is 12.1. The number of aryl methyl sites for hydroxylation is 3. The van der Waals surface area contributed by atoms with E-state index in [0.717, 1.165) is 35.4 Å². The van der Waals surface area contributed by atoms with E-state index in [2.05, 4.69) is 11.1 Å². The summed E-state index contributed by atoms with van der Waals surface area (Å²) in [4.78, 5) is 5.00. The van der Waals surface area contributed by atoms with E-state index in [1.807, 2.05) is 31.2 Å². The van der Waals surface area contributed by atoms with Gasteiger partial charge in [0.05, 0.1) is 5.56 Å². The van der Waals surface area contributed by atoms with E-state index in [9.17, 15) is 0 Å². The van der Waals surface area contributed by atoms with Gasteiger partial charge in [-0.3, -0.25) is 0 Å².